The van der Waals surface area contributed by atoms with Gasteiger partial charge in [-0.3, -0.25) is 0 Å². The van der Waals surface area contributed by atoms with E-state index in [2.05, 4.69) is 20.8 Å². The molecule has 0 aliphatic heterocycles. The molecule has 1 aliphatic rings. The van der Waals surface area contributed by atoms with Gasteiger partial charge in [-0.25, -0.2) is 0 Å². The largest absolute Gasteiger partial charge is 0.381 e. The maximum absolute atomic E-state index is 5.20. The Morgan fingerprint density at radius 3 is 2.00 bits per heavy atom. The Balaban J connectivity index is 2.33. The molecule has 0 radical (unpaired) electrons. The number of hydrogen-bond acceptors (Lipinski definition) is 1. The van der Waals surface area contributed by atoms with Crippen LogP contribution in [0.15, 0.2) is 0 Å². The molecule has 0 heterocycles. The average Bonchev–Trinajstić information content (AvgIpc) is 2.39. The summed E-state index contributed by atoms with van der Waals surface area (Å²) < 4.78 is 5.20. The number of hydrogen-bond donors (Lipinski definition) is 0. The van der Waals surface area contributed by atoms with Crippen LogP contribution in [0.25, 0.3) is 0 Å². The van der Waals surface area contributed by atoms with Gasteiger partial charge >= 0.3 is 0 Å². The Hall–Kier alpha value is -0.0400. The lowest BCUT2D eigenvalue weighted by Crippen LogP contribution is -2.11. The Labute approximate surface area is 57.4 Å². The average molecular weight is 128 g/mol. The van der Waals surface area contributed by atoms with Crippen LogP contribution in [0.3, 0.4) is 0 Å². The van der Waals surface area contributed by atoms with Crippen LogP contribution in [0, 0.1) is 11.3 Å². The predicted molar refractivity (Wildman–Crippen MR) is 38.4 cm³/mol. The Morgan fingerprint density at radius 2 is 1.89 bits per heavy atom. The van der Waals surface area contributed by atoms with Crippen LogP contribution in [0.1, 0.15) is 27.2 Å². The molecule has 54 valence electrons. The number of rotatable bonds is 1. The highest BCUT2D eigenvalue weighted by Gasteiger charge is 2.45. The van der Waals surface area contributed by atoms with Crippen molar-refractivity contribution in [2.75, 3.05) is 7.11 Å². The van der Waals surface area contributed by atoms with E-state index in [1.165, 1.54) is 6.42 Å². The second kappa shape index (κ2) is 1.98. The first kappa shape index (κ1) is 7.07. The molecule has 0 aromatic rings. The highest BCUT2D eigenvalue weighted by Crippen LogP contribution is 2.46. The molecular weight excluding hydrogens is 112 g/mol. The molecule has 9 heavy (non-hydrogen) atoms. The van der Waals surface area contributed by atoms with Crippen LogP contribution in [-0.2, 0) is 4.74 Å². The van der Waals surface area contributed by atoms with E-state index >= 15 is 0 Å². The summed E-state index contributed by atoms with van der Waals surface area (Å²) >= 11 is 0. The molecule has 1 fully saturated rings. The first-order chi connectivity index (χ1) is 4.05. The summed E-state index contributed by atoms with van der Waals surface area (Å²) in [6.45, 7) is 6.82. The summed E-state index contributed by atoms with van der Waals surface area (Å²) in [4.78, 5) is 0. The first-order valence-electron chi connectivity index (χ1n) is 3.58. The van der Waals surface area contributed by atoms with Gasteiger partial charge < -0.3 is 4.74 Å². The van der Waals surface area contributed by atoms with E-state index in [0.717, 1.165) is 5.92 Å². The maximum atomic E-state index is 5.20. The van der Waals surface area contributed by atoms with E-state index in [9.17, 15) is 0 Å². The second-order valence-corrected chi connectivity index (χ2v) is 3.98. The quantitative estimate of drug-likeness (QED) is 0.525. The summed E-state index contributed by atoms with van der Waals surface area (Å²) in [5.41, 5.74) is 0.459. The smallest absolute Gasteiger partial charge is 0.0609 e. The fraction of sp³-hybridized carbons (Fsp3) is 1.00. The van der Waals surface area contributed by atoms with Crippen molar-refractivity contribution in [2.24, 2.45) is 11.3 Å². The highest BCUT2D eigenvalue weighted by atomic mass is 16.5. The van der Waals surface area contributed by atoms with Crippen LogP contribution in [0.5, 0.6) is 0 Å². The lowest BCUT2D eigenvalue weighted by molar-refractivity contribution is 0.144. The van der Waals surface area contributed by atoms with Gasteiger partial charge in [0.15, 0.2) is 0 Å². The van der Waals surface area contributed by atoms with E-state index in [-0.39, 0.29) is 0 Å². The van der Waals surface area contributed by atoms with E-state index in [0.29, 0.717) is 11.5 Å². The summed E-state index contributed by atoms with van der Waals surface area (Å²) in [7, 11) is 1.80. The topological polar surface area (TPSA) is 9.23 Å². The fourth-order valence-corrected chi connectivity index (χ4v) is 1.34. The predicted octanol–water partition coefficient (Wildman–Crippen LogP) is 2.07. The van der Waals surface area contributed by atoms with E-state index in [1.807, 2.05) is 0 Å². The van der Waals surface area contributed by atoms with Crippen LogP contribution in [0.2, 0.25) is 0 Å². The number of ether oxygens (including phenoxy) is 1. The minimum absolute atomic E-state index is 0.459. The third kappa shape index (κ3) is 1.45. The molecule has 0 spiro atoms. The summed E-state index contributed by atoms with van der Waals surface area (Å²) in [6.07, 6.45) is 1.82. The summed E-state index contributed by atoms with van der Waals surface area (Å²) in [6, 6.07) is 0. The lowest BCUT2D eigenvalue weighted by atomic mass is 9.90. The van der Waals surface area contributed by atoms with Gasteiger partial charge in [0.05, 0.1) is 6.10 Å². The van der Waals surface area contributed by atoms with Gasteiger partial charge in [0.25, 0.3) is 0 Å². The van der Waals surface area contributed by atoms with Gasteiger partial charge in [-0.15, -0.1) is 0 Å². The molecule has 0 aromatic carbocycles. The summed E-state index contributed by atoms with van der Waals surface area (Å²) in [5, 5.41) is 0. The molecule has 1 nitrogen and oxygen atoms in total. The maximum Gasteiger partial charge on any atom is 0.0609 e. The molecule has 1 aliphatic carbocycles. The zero-order valence-electron chi connectivity index (χ0n) is 6.77. The minimum atomic E-state index is 0.459. The van der Waals surface area contributed by atoms with Crippen LogP contribution < -0.4 is 0 Å². The van der Waals surface area contributed by atoms with Crippen molar-refractivity contribution < 1.29 is 4.74 Å². The van der Waals surface area contributed by atoms with Gasteiger partial charge in [0, 0.05) is 7.11 Å². The molecule has 0 bridgehead atoms. The van der Waals surface area contributed by atoms with Crippen LogP contribution in [-0.4, -0.2) is 13.2 Å². The van der Waals surface area contributed by atoms with Crippen molar-refractivity contribution in [3.63, 3.8) is 0 Å². The fourth-order valence-electron chi connectivity index (χ4n) is 1.34. The third-order valence-electron chi connectivity index (χ3n) is 2.15. The van der Waals surface area contributed by atoms with Crippen molar-refractivity contribution in [1.29, 1.82) is 0 Å². The van der Waals surface area contributed by atoms with Crippen molar-refractivity contribution in [3.05, 3.63) is 0 Å². The van der Waals surface area contributed by atoms with Gasteiger partial charge in [0.2, 0.25) is 0 Å². The Morgan fingerprint density at radius 1 is 1.33 bits per heavy atom. The monoisotopic (exact) mass is 128 g/mol. The summed E-state index contributed by atoms with van der Waals surface area (Å²) in [5.74, 6) is 0.808. The van der Waals surface area contributed by atoms with Crippen LogP contribution >= 0.6 is 0 Å². The molecule has 1 heteroatoms. The normalized spacial score (nSPS) is 34.7. The molecule has 0 amide bonds. The van der Waals surface area contributed by atoms with Gasteiger partial charge in [-0.2, -0.15) is 0 Å². The molecule has 1 rings (SSSR count). The van der Waals surface area contributed by atoms with E-state index in [1.54, 1.807) is 7.11 Å². The van der Waals surface area contributed by atoms with Gasteiger partial charge in [0.1, 0.15) is 0 Å². The van der Waals surface area contributed by atoms with Crippen molar-refractivity contribution >= 4 is 0 Å². The van der Waals surface area contributed by atoms with Crippen molar-refractivity contribution in [3.8, 4) is 0 Å². The zero-order valence-corrected chi connectivity index (χ0v) is 6.77. The molecule has 2 unspecified atom stereocenters. The van der Waals surface area contributed by atoms with E-state index in [4.69, 9.17) is 4.74 Å². The standard InChI is InChI=1S/C8H16O/c1-8(2,3)6-5-7(6)9-4/h6-7H,5H2,1-4H3. The van der Waals surface area contributed by atoms with Gasteiger partial charge in [-0.05, 0) is 17.8 Å². The highest BCUT2D eigenvalue weighted by molar-refractivity contribution is 4.95. The first-order valence-corrected chi connectivity index (χ1v) is 3.58. The SMILES string of the molecule is COC1CC1C(C)(C)C. The minimum Gasteiger partial charge on any atom is -0.381 e. The molecular formula is C8H16O. The van der Waals surface area contributed by atoms with E-state index < -0.39 is 0 Å². The van der Waals surface area contributed by atoms with Crippen molar-refractivity contribution in [1.82, 2.24) is 0 Å². The zero-order chi connectivity index (χ0) is 7.07. The number of methoxy groups -OCH3 is 1. The molecule has 0 N–H and O–H groups in total. The molecule has 1 saturated carbocycles. The molecule has 0 saturated heterocycles. The molecule has 0 aromatic heterocycles. The second-order valence-electron chi connectivity index (χ2n) is 3.98. The lowest BCUT2D eigenvalue weighted by Gasteiger charge is -2.16. The Bertz CT molecular complexity index is 102. The third-order valence-corrected chi connectivity index (χ3v) is 2.15. The Kier molecular flexibility index (Phi) is 1.55. The molecule has 2 atom stereocenters. The van der Waals surface area contributed by atoms with Crippen molar-refractivity contribution in [2.45, 2.75) is 33.3 Å². The van der Waals surface area contributed by atoms with Crippen LogP contribution in [0.4, 0.5) is 0 Å². The van der Waals surface area contributed by atoms with Gasteiger partial charge in [-0.1, -0.05) is 20.8 Å².